The van der Waals surface area contributed by atoms with E-state index in [1.165, 1.54) is 25.6 Å². The second kappa shape index (κ2) is 6.84. The van der Waals surface area contributed by atoms with Crippen molar-refractivity contribution in [2.45, 2.75) is 37.6 Å². The van der Waals surface area contributed by atoms with E-state index in [4.69, 9.17) is 4.74 Å². The number of hydrogen-bond acceptors (Lipinski definition) is 6. The molecule has 0 amide bonds. The summed E-state index contributed by atoms with van der Waals surface area (Å²) >= 11 is 0. The first kappa shape index (κ1) is 16.2. The van der Waals surface area contributed by atoms with Crippen LogP contribution < -0.4 is 5.32 Å². The maximum atomic E-state index is 11.1. The van der Waals surface area contributed by atoms with Gasteiger partial charge in [-0.15, -0.1) is 0 Å². The van der Waals surface area contributed by atoms with Crippen LogP contribution in [0, 0.1) is 10.1 Å². The summed E-state index contributed by atoms with van der Waals surface area (Å²) in [6.45, 7) is 4.14. The van der Waals surface area contributed by atoms with Crippen LogP contribution in [-0.4, -0.2) is 57.8 Å². The Morgan fingerprint density at radius 2 is 2.04 bits per heavy atom. The minimum atomic E-state index is -0.426. The molecule has 0 atom stereocenters. The molecule has 23 heavy (non-hydrogen) atoms. The van der Waals surface area contributed by atoms with Crippen molar-refractivity contribution < 1.29 is 9.66 Å². The molecule has 0 aromatic carbocycles. The van der Waals surface area contributed by atoms with Gasteiger partial charge >= 0.3 is 5.82 Å². The van der Waals surface area contributed by atoms with Crippen LogP contribution in [-0.2, 0) is 11.8 Å². The summed E-state index contributed by atoms with van der Waals surface area (Å²) in [6, 6.07) is 0. The van der Waals surface area contributed by atoms with Crippen molar-refractivity contribution in [3.05, 3.63) is 16.4 Å². The first-order valence-electron chi connectivity index (χ1n) is 8.35. The number of nitrogens with zero attached hydrogens (tertiary/aromatic N) is 4. The van der Waals surface area contributed by atoms with Crippen LogP contribution in [0.3, 0.4) is 0 Å². The van der Waals surface area contributed by atoms with Gasteiger partial charge in [0.15, 0.2) is 0 Å². The summed E-state index contributed by atoms with van der Waals surface area (Å²) < 4.78 is 7.18. The van der Waals surface area contributed by atoms with E-state index in [0.29, 0.717) is 12.4 Å². The van der Waals surface area contributed by atoms with Crippen molar-refractivity contribution in [1.29, 1.82) is 0 Å². The van der Waals surface area contributed by atoms with Gasteiger partial charge < -0.3 is 20.2 Å². The van der Waals surface area contributed by atoms with E-state index in [1.807, 2.05) is 0 Å². The fraction of sp³-hybridized carbons (Fsp3) is 0.800. The van der Waals surface area contributed by atoms with Crippen molar-refractivity contribution in [2.75, 3.05) is 38.2 Å². The predicted octanol–water partition coefficient (Wildman–Crippen LogP) is 1.78. The molecule has 1 aliphatic carbocycles. The van der Waals surface area contributed by atoms with Gasteiger partial charge in [0.2, 0.25) is 12.1 Å². The molecule has 2 fully saturated rings. The first-order chi connectivity index (χ1) is 11.1. The van der Waals surface area contributed by atoms with Gasteiger partial charge in [-0.2, -0.15) is 0 Å². The SMILES string of the molecule is Cn1cnc([N+](=O)[O-])c1NCC1(N2CCOCC2)CCCCC1. The second-order valence-electron chi connectivity index (χ2n) is 6.52. The molecule has 1 aromatic heterocycles. The zero-order valence-electron chi connectivity index (χ0n) is 13.7. The number of imidazole rings is 1. The Morgan fingerprint density at radius 1 is 1.35 bits per heavy atom. The average molecular weight is 323 g/mol. The highest BCUT2D eigenvalue weighted by Crippen LogP contribution is 2.35. The Hall–Kier alpha value is -1.67. The Labute approximate surface area is 136 Å². The van der Waals surface area contributed by atoms with Crippen LogP contribution in [0.2, 0.25) is 0 Å². The van der Waals surface area contributed by atoms with Crippen LogP contribution in [0.5, 0.6) is 0 Å². The summed E-state index contributed by atoms with van der Waals surface area (Å²) in [5.74, 6) is 0.397. The summed E-state index contributed by atoms with van der Waals surface area (Å²) in [6.07, 6.45) is 7.46. The number of ether oxygens (including phenoxy) is 1. The van der Waals surface area contributed by atoms with Crippen LogP contribution in [0.1, 0.15) is 32.1 Å². The van der Waals surface area contributed by atoms with Gasteiger partial charge in [-0.1, -0.05) is 19.3 Å². The number of nitro groups is 1. The van der Waals surface area contributed by atoms with Crippen LogP contribution >= 0.6 is 0 Å². The second-order valence-corrected chi connectivity index (χ2v) is 6.52. The van der Waals surface area contributed by atoms with Gasteiger partial charge in [-0.3, -0.25) is 9.47 Å². The lowest BCUT2D eigenvalue weighted by Gasteiger charge is -2.48. The average Bonchev–Trinajstić information content (AvgIpc) is 2.96. The molecule has 8 heteroatoms. The lowest BCUT2D eigenvalue weighted by Crippen LogP contribution is -2.58. The number of aryl methyl sites for hydroxylation is 1. The predicted molar refractivity (Wildman–Crippen MR) is 86.6 cm³/mol. The van der Waals surface area contributed by atoms with Crippen molar-refractivity contribution in [3.63, 3.8) is 0 Å². The van der Waals surface area contributed by atoms with E-state index in [1.54, 1.807) is 11.6 Å². The number of aromatic nitrogens is 2. The Morgan fingerprint density at radius 3 is 2.70 bits per heavy atom. The van der Waals surface area contributed by atoms with Gasteiger partial charge in [0.1, 0.15) is 0 Å². The molecule has 0 spiro atoms. The Bertz CT molecular complexity index is 547. The van der Waals surface area contributed by atoms with Crippen molar-refractivity contribution in [1.82, 2.24) is 14.5 Å². The summed E-state index contributed by atoms with van der Waals surface area (Å²) in [4.78, 5) is 17.1. The monoisotopic (exact) mass is 323 g/mol. The lowest BCUT2D eigenvalue weighted by atomic mass is 9.79. The quantitative estimate of drug-likeness (QED) is 0.656. The normalized spacial score (nSPS) is 22.0. The Kier molecular flexibility index (Phi) is 4.82. The Balaban J connectivity index is 1.76. The van der Waals surface area contributed by atoms with Crippen molar-refractivity contribution >= 4 is 11.6 Å². The lowest BCUT2D eigenvalue weighted by molar-refractivity contribution is -0.388. The van der Waals surface area contributed by atoms with E-state index >= 15 is 0 Å². The first-order valence-corrected chi connectivity index (χ1v) is 8.35. The molecule has 0 radical (unpaired) electrons. The van der Waals surface area contributed by atoms with Gasteiger partial charge in [0, 0.05) is 32.2 Å². The van der Waals surface area contributed by atoms with Crippen molar-refractivity contribution in [3.8, 4) is 0 Å². The standard InChI is InChI=1S/C15H25N5O3/c1-18-12-17-14(20(21)22)13(18)16-11-15(5-3-2-4-6-15)19-7-9-23-10-8-19/h12,16H,2-11H2,1H3. The van der Waals surface area contributed by atoms with Crippen molar-refractivity contribution in [2.24, 2.45) is 7.05 Å². The summed E-state index contributed by atoms with van der Waals surface area (Å²) in [5.41, 5.74) is 0.0696. The molecule has 0 bridgehead atoms. The van der Waals surface area contributed by atoms with E-state index < -0.39 is 4.92 Å². The third-order valence-corrected chi connectivity index (χ3v) is 5.14. The molecular weight excluding hydrogens is 298 g/mol. The van der Waals surface area contributed by atoms with E-state index in [9.17, 15) is 10.1 Å². The topological polar surface area (TPSA) is 85.5 Å². The number of rotatable bonds is 5. The minimum absolute atomic E-state index is 0.0696. The number of nitrogens with one attached hydrogen (secondary N) is 1. The largest absolute Gasteiger partial charge is 0.406 e. The molecule has 2 aliphatic rings. The van der Waals surface area contributed by atoms with E-state index in [0.717, 1.165) is 39.1 Å². The van der Waals surface area contributed by atoms with Gasteiger partial charge in [0.05, 0.1) is 13.2 Å². The fourth-order valence-corrected chi connectivity index (χ4v) is 3.86. The molecule has 1 saturated carbocycles. The zero-order chi connectivity index (χ0) is 16.3. The van der Waals surface area contributed by atoms with Crippen LogP contribution in [0.4, 0.5) is 11.6 Å². The van der Waals surface area contributed by atoms with Gasteiger partial charge in [-0.05, 0) is 22.7 Å². The van der Waals surface area contributed by atoms with E-state index in [2.05, 4.69) is 15.2 Å². The maximum absolute atomic E-state index is 11.1. The smallest absolute Gasteiger partial charge is 0.379 e. The molecule has 0 unspecified atom stereocenters. The summed E-state index contributed by atoms with van der Waals surface area (Å²) in [5, 5.41) is 14.5. The highest BCUT2D eigenvalue weighted by molar-refractivity contribution is 5.52. The molecule has 1 aromatic rings. The van der Waals surface area contributed by atoms with Gasteiger partial charge in [-0.25, -0.2) is 0 Å². The van der Waals surface area contributed by atoms with E-state index in [-0.39, 0.29) is 11.4 Å². The molecule has 2 heterocycles. The van der Waals surface area contributed by atoms with Crippen LogP contribution in [0.15, 0.2) is 6.33 Å². The molecule has 1 saturated heterocycles. The molecule has 128 valence electrons. The number of morpholine rings is 1. The number of hydrogen-bond donors (Lipinski definition) is 1. The maximum Gasteiger partial charge on any atom is 0.406 e. The third-order valence-electron chi connectivity index (χ3n) is 5.14. The minimum Gasteiger partial charge on any atom is -0.379 e. The van der Waals surface area contributed by atoms with Gasteiger partial charge in [0.25, 0.3) is 0 Å². The number of anilines is 1. The van der Waals surface area contributed by atoms with Crippen LogP contribution in [0.25, 0.3) is 0 Å². The molecule has 1 N–H and O–H groups in total. The zero-order valence-corrected chi connectivity index (χ0v) is 13.7. The molecule has 8 nitrogen and oxygen atoms in total. The molecular formula is C15H25N5O3. The third kappa shape index (κ3) is 3.32. The molecule has 3 rings (SSSR count). The summed E-state index contributed by atoms with van der Waals surface area (Å²) in [7, 11) is 1.78. The highest BCUT2D eigenvalue weighted by atomic mass is 16.6. The fourth-order valence-electron chi connectivity index (χ4n) is 3.86. The highest BCUT2D eigenvalue weighted by Gasteiger charge is 2.39. The molecule has 1 aliphatic heterocycles.